The molecule has 0 heterocycles. The second-order valence-electron chi connectivity index (χ2n) is 7.79. The average Bonchev–Trinajstić information content (AvgIpc) is 3.23. The molecule has 2 heteroatoms. The van der Waals surface area contributed by atoms with Gasteiger partial charge in [0.05, 0.1) is 0 Å². The molecule has 2 aliphatic carbocycles. The van der Waals surface area contributed by atoms with Crippen LogP contribution < -0.4 is 5.32 Å². The summed E-state index contributed by atoms with van der Waals surface area (Å²) in [7, 11) is 0. The molecule has 1 aromatic rings. The van der Waals surface area contributed by atoms with Crippen LogP contribution in [-0.4, -0.2) is 5.91 Å². The Hall–Kier alpha value is -1.83. The summed E-state index contributed by atoms with van der Waals surface area (Å²) in [6, 6.07) is 4.30. The number of carbonyl (C=O) groups is 1. The molecule has 0 aliphatic heterocycles. The van der Waals surface area contributed by atoms with Gasteiger partial charge < -0.3 is 5.32 Å². The smallest absolute Gasteiger partial charge is 0.228 e. The van der Waals surface area contributed by atoms with Crippen LogP contribution >= 0.6 is 0 Å². The summed E-state index contributed by atoms with van der Waals surface area (Å²) in [6.45, 7) is 6.28. The Labute approximate surface area is 152 Å². The zero-order valence-corrected chi connectivity index (χ0v) is 15.8. The summed E-state index contributed by atoms with van der Waals surface area (Å²) in [4.78, 5) is 12.9. The lowest BCUT2D eigenvalue weighted by atomic mass is 10.0. The number of rotatable bonds is 2. The molecule has 1 N–H and O–H groups in total. The van der Waals surface area contributed by atoms with E-state index in [0.29, 0.717) is 11.8 Å². The van der Waals surface area contributed by atoms with Crippen molar-refractivity contribution < 1.29 is 4.79 Å². The molecule has 0 aromatic heterocycles. The van der Waals surface area contributed by atoms with Crippen molar-refractivity contribution in [3.63, 3.8) is 0 Å². The van der Waals surface area contributed by atoms with E-state index in [1.165, 1.54) is 5.56 Å². The molecule has 0 saturated heterocycles. The standard InChI is InChI=1S/C23H31NO/c1-16-14-17(2)22(18(3)15-16)24-23(25)21-19-12-10-8-6-4-5-7-9-11-13-20(19)21/h6-9,14-15,19-21H,4-5,10-13H2,1-3H3,(H,24,25)/b8-6-,9-7-/t19-,20-/m1/s1. The number of amides is 1. The van der Waals surface area contributed by atoms with Crippen molar-refractivity contribution >= 4 is 11.6 Å². The van der Waals surface area contributed by atoms with E-state index in [2.05, 4.69) is 62.5 Å². The molecule has 3 rings (SSSR count). The Morgan fingerprint density at radius 1 is 0.840 bits per heavy atom. The van der Waals surface area contributed by atoms with E-state index in [1.54, 1.807) is 0 Å². The molecule has 0 bridgehead atoms. The number of nitrogens with one attached hydrogen (secondary N) is 1. The lowest BCUT2D eigenvalue weighted by Gasteiger charge is -2.13. The number of benzene rings is 1. The van der Waals surface area contributed by atoms with Crippen LogP contribution in [-0.2, 0) is 4.79 Å². The van der Waals surface area contributed by atoms with Crippen molar-refractivity contribution in [3.05, 3.63) is 53.1 Å². The van der Waals surface area contributed by atoms with Crippen molar-refractivity contribution in [2.45, 2.75) is 59.3 Å². The molecular weight excluding hydrogens is 306 g/mol. The number of hydrogen-bond acceptors (Lipinski definition) is 1. The molecule has 2 atom stereocenters. The Bertz CT molecular complexity index is 638. The van der Waals surface area contributed by atoms with Crippen molar-refractivity contribution in [3.8, 4) is 0 Å². The summed E-state index contributed by atoms with van der Waals surface area (Å²) < 4.78 is 0. The van der Waals surface area contributed by atoms with Gasteiger partial charge in [-0.1, -0.05) is 42.0 Å². The number of anilines is 1. The van der Waals surface area contributed by atoms with Gasteiger partial charge in [0.15, 0.2) is 0 Å². The Kier molecular flexibility index (Phi) is 5.78. The molecule has 0 radical (unpaired) electrons. The number of carbonyl (C=O) groups excluding carboxylic acids is 1. The van der Waals surface area contributed by atoms with Crippen LogP contribution in [0.4, 0.5) is 5.69 Å². The molecule has 1 amide bonds. The Morgan fingerprint density at radius 2 is 1.32 bits per heavy atom. The maximum atomic E-state index is 12.9. The monoisotopic (exact) mass is 337 g/mol. The van der Waals surface area contributed by atoms with Gasteiger partial charge in [0.1, 0.15) is 0 Å². The molecule has 25 heavy (non-hydrogen) atoms. The van der Waals surface area contributed by atoms with Crippen molar-refractivity contribution in [2.24, 2.45) is 17.8 Å². The fourth-order valence-electron chi connectivity index (χ4n) is 4.45. The van der Waals surface area contributed by atoms with Crippen molar-refractivity contribution in [2.75, 3.05) is 5.32 Å². The average molecular weight is 338 g/mol. The second kappa shape index (κ2) is 8.03. The molecule has 1 saturated carbocycles. The van der Waals surface area contributed by atoms with Gasteiger partial charge in [-0.15, -0.1) is 0 Å². The molecule has 134 valence electrons. The number of hydrogen-bond donors (Lipinski definition) is 1. The number of fused-ring (bicyclic) bond motifs is 1. The van der Waals surface area contributed by atoms with E-state index < -0.39 is 0 Å². The lowest BCUT2D eigenvalue weighted by Crippen LogP contribution is -2.17. The molecule has 2 aliphatic rings. The summed E-state index contributed by atoms with van der Waals surface area (Å²) in [5.74, 6) is 1.54. The first-order valence-corrected chi connectivity index (χ1v) is 9.76. The third kappa shape index (κ3) is 4.42. The van der Waals surface area contributed by atoms with E-state index in [-0.39, 0.29) is 11.8 Å². The van der Waals surface area contributed by atoms with Crippen molar-refractivity contribution in [1.29, 1.82) is 0 Å². The van der Waals surface area contributed by atoms with E-state index in [1.807, 2.05) is 0 Å². The third-order valence-electron chi connectivity index (χ3n) is 5.73. The van der Waals surface area contributed by atoms with E-state index in [9.17, 15) is 4.79 Å². The Balaban J connectivity index is 1.68. The first-order valence-electron chi connectivity index (χ1n) is 9.76. The summed E-state index contributed by atoms with van der Waals surface area (Å²) in [6.07, 6.45) is 16.0. The van der Waals surface area contributed by atoms with E-state index in [0.717, 1.165) is 55.3 Å². The molecule has 0 unspecified atom stereocenters. The number of allylic oxidation sites excluding steroid dienone is 4. The maximum absolute atomic E-state index is 12.9. The highest BCUT2D eigenvalue weighted by Gasteiger charge is 2.52. The van der Waals surface area contributed by atoms with E-state index >= 15 is 0 Å². The van der Waals surface area contributed by atoms with Gasteiger partial charge in [-0.3, -0.25) is 4.79 Å². The zero-order valence-electron chi connectivity index (χ0n) is 15.8. The van der Waals surface area contributed by atoms with Gasteiger partial charge in [0, 0.05) is 11.6 Å². The topological polar surface area (TPSA) is 29.1 Å². The molecule has 1 aromatic carbocycles. The predicted molar refractivity (Wildman–Crippen MR) is 106 cm³/mol. The SMILES string of the molecule is Cc1cc(C)c(NC(=O)C2[C@@H]3CC/C=C\CC/C=C\CC[C@@H]23)c(C)c1. The van der Waals surface area contributed by atoms with Crippen LogP contribution in [0.3, 0.4) is 0 Å². The summed E-state index contributed by atoms with van der Waals surface area (Å²) in [5.41, 5.74) is 4.59. The lowest BCUT2D eigenvalue weighted by molar-refractivity contribution is -0.117. The highest BCUT2D eigenvalue weighted by atomic mass is 16.2. The van der Waals surface area contributed by atoms with Crippen molar-refractivity contribution in [1.82, 2.24) is 0 Å². The van der Waals surface area contributed by atoms with Gasteiger partial charge in [-0.25, -0.2) is 0 Å². The molecular formula is C23H31NO. The maximum Gasteiger partial charge on any atom is 0.228 e. The van der Waals surface area contributed by atoms with Crippen LogP contribution in [0.15, 0.2) is 36.4 Å². The fraction of sp³-hybridized carbons (Fsp3) is 0.522. The zero-order chi connectivity index (χ0) is 17.8. The van der Waals surface area contributed by atoms with Crippen LogP contribution in [0.2, 0.25) is 0 Å². The van der Waals surface area contributed by atoms with E-state index in [4.69, 9.17) is 0 Å². The first kappa shape index (κ1) is 18.0. The van der Waals surface area contributed by atoms with Crippen LogP contribution in [0.1, 0.15) is 55.2 Å². The highest BCUT2D eigenvalue weighted by molar-refractivity contribution is 5.96. The molecule has 2 nitrogen and oxygen atoms in total. The van der Waals surface area contributed by atoms with Gasteiger partial charge in [0.2, 0.25) is 5.91 Å². The third-order valence-corrected chi connectivity index (χ3v) is 5.73. The largest absolute Gasteiger partial charge is 0.325 e. The highest BCUT2D eigenvalue weighted by Crippen LogP contribution is 2.52. The minimum atomic E-state index is 0.197. The minimum absolute atomic E-state index is 0.197. The number of aryl methyl sites for hydroxylation is 3. The van der Waals surface area contributed by atoms with Gasteiger partial charge in [-0.2, -0.15) is 0 Å². The first-order chi connectivity index (χ1) is 12.1. The quantitative estimate of drug-likeness (QED) is 0.671. The Morgan fingerprint density at radius 3 is 1.84 bits per heavy atom. The van der Waals surface area contributed by atoms with Crippen LogP contribution in [0.5, 0.6) is 0 Å². The summed E-state index contributed by atoms with van der Waals surface area (Å²) >= 11 is 0. The molecule has 0 spiro atoms. The van der Waals surface area contributed by atoms with Gasteiger partial charge in [-0.05, 0) is 82.3 Å². The van der Waals surface area contributed by atoms with Gasteiger partial charge >= 0.3 is 0 Å². The summed E-state index contributed by atoms with van der Waals surface area (Å²) in [5, 5.41) is 3.25. The minimum Gasteiger partial charge on any atom is -0.325 e. The van der Waals surface area contributed by atoms with Crippen LogP contribution in [0.25, 0.3) is 0 Å². The fourth-order valence-corrected chi connectivity index (χ4v) is 4.45. The predicted octanol–water partition coefficient (Wildman–Crippen LogP) is 5.88. The van der Waals surface area contributed by atoms with Crippen LogP contribution in [0, 0.1) is 38.5 Å². The van der Waals surface area contributed by atoms with Gasteiger partial charge in [0.25, 0.3) is 0 Å². The second-order valence-corrected chi connectivity index (χ2v) is 7.79. The molecule has 1 fully saturated rings. The normalized spacial score (nSPS) is 28.8.